The molecule has 0 saturated carbocycles. The van der Waals surface area contributed by atoms with E-state index in [-0.39, 0.29) is 5.41 Å². The number of hydrogen-bond donors (Lipinski definition) is 1. The van der Waals surface area contributed by atoms with Crippen molar-refractivity contribution in [3.63, 3.8) is 0 Å². The van der Waals surface area contributed by atoms with Gasteiger partial charge in [0.1, 0.15) is 11.7 Å². The summed E-state index contributed by atoms with van der Waals surface area (Å²) in [6.45, 7) is 12.2. The van der Waals surface area contributed by atoms with Crippen LogP contribution in [0.15, 0.2) is 12.7 Å². The molecule has 0 amide bonds. The lowest BCUT2D eigenvalue weighted by molar-refractivity contribution is -0.167. The molecule has 82 valence electrons. The molecule has 0 heterocycles. The Morgan fingerprint density at radius 2 is 1.86 bits per heavy atom. The first-order valence-electron chi connectivity index (χ1n) is 4.65. The molecule has 2 atom stereocenters. The monoisotopic (exact) mass is 200 g/mol. The molecule has 0 aromatic heterocycles. The molecule has 0 aromatic rings. The average molecular weight is 200 g/mol. The van der Waals surface area contributed by atoms with Crippen LogP contribution in [-0.4, -0.2) is 22.8 Å². The summed E-state index contributed by atoms with van der Waals surface area (Å²) < 4.78 is 4.98. The van der Waals surface area contributed by atoms with Gasteiger partial charge in [-0.3, -0.25) is 4.79 Å². The second-order valence-corrected chi connectivity index (χ2v) is 4.66. The molecule has 14 heavy (non-hydrogen) atoms. The summed E-state index contributed by atoms with van der Waals surface area (Å²) in [6, 6.07) is 0. The average Bonchev–Trinajstić information content (AvgIpc) is 1.97. The van der Waals surface area contributed by atoms with Crippen molar-refractivity contribution in [1.82, 2.24) is 0 Å². The molecular formula is C11H20O3. The van der Waals surface area contributed by atoms with Gasteiger partial charge in [-0.25, -0.2) is 0 Å². The zero-order chi connectivity index (χ0) is 11.6. The van der Waals surface area contributed by atoms with Crippen LogP contribution in [0.4, 0.5) is 0 Å². The highest BCUT2D eigenvalue weighted by Gasteiger charge is 2.43. The van der Waals surface area contributed by atoms with Crippen molar-refractivity contribution in [1.29, 1.82) is 0 Å². The van der Waals surface area contributed by atoms with Crippen LogP contribution in [0.1, 0.15) is 34.6 Å². The van der Waals surface area contributed by atoms with Crippen molar-refractivity contribution in [2.75, 3.05) is 0 Å². The third-order valence-corrected chi connectivity index (χ3v) is 2.58. The number of rotatable bonds is 3. The maximum absolute atomic E-state index is 10.8. The zero-order valence-electron chi connectivity index (χ0n) is 9.63. The molecule has 0 unspecified atom stereocenters. The zero-order valence-corrected chi connectivity index (χ0v) is 9.63. The number of hydrogen-bond acceptors (Lipinski definition) is 3. The largest absolute Gasteiger partial charge is 0.455 e. The van der Waals surface area contributed by atoms with Gasteiger partial charge in [-0.2, -0.15) is 0 Å². The first-order valence-corrected chi connectivity index (χ1v) is 4.65. The normalized spacial score (nSPS) is 18.1. The first-order chi connectivity index (χ1) is 6.13. The summed E-state index contributed by atoms with van der Waals surface area (Å²) in [4.78, 5) is 10.8. The predicted octanol–water partition coefficient (Wildman–Crippen LogP) is 1.90. The minimum Gasteiger partial charge on any atom is -0.455 e. The Morgan fingerprint density at radius 3 is 2.07 bits per heavy atom. The highest BCUT2D eigenvalue weighted by atomic mass is 16.6. The minimum absolute atomic E-state index is 0.388. The van der Waals surface area contributed by atoms with Crippen LogP contribution in [0.3, 0.4) is 0 Å². The fourth-order valence-electron chi connectivity index (χ4n) is 0.998. The Bertz CT molecular complexity index is 223. The highest BCUT2D eigenvalue weighted by Crippen LogP contribution is 2.34. The number of carbonyl (C=O) groups is 1. The van der Waals surface area contributed by atoms with Gasteiger partial charge >= 0.3 is 5.97 Å². The van der Waals surface area contributed by atoms with E-state index in [0.717, 1.165) is 0 Å². The van der Waals surface area contributed by atoms with Crippen LogP contribution < -0.4 is 0 Å². The molecule has 0 fully saturated rings. The summed E-state index contributed by atoms with van der Waals surface area (Å²) >= 11 is 0. The van der Waals surface area contributed by atoms with Crippen LogP contribution in [0.25, 0.3) is 0 Å². The van der Waals surface area contributed by atoms with E-state index in [1.807, 2.05) is 20.8 Å². The second kappa shape index (κ2) is 4.13. The number of esters is 1. The van der Waals surface area contributed by atoms with Crippen LogP contribution in [0.2, 0.25) is 0 Å². The Morgan fingerprint density at radius 1 is 1.43 bits per heavy atom. The molecule has 0 aromatic carbocycles. The van der Waals surface area contributed by atoms with Crippen molar-refractivity contribution < 1.29 is 14.6 Å². The van der Waals surface area contributed by atoms with E-state index < -0.39 is 17.7 Å². The van der Waals surface area contributed by atoms with Gasteiger partial charge in [-0.05, 0) is 18.4 Å². The molecule has 3 heteroatoms. The van der Waals surface area contributed by atoms with E-state index in [1.165, 1.54) is 13.0 Å². The molecule has 0 saturated heterocycles. The van der Waals surface area contributed by atoms with E-state index in [1.54, 1.807) is 6.92 Å². The van der Waals surface area contributed by atoms with Gasteiger partial charge in [0, 0.05) is 6.92 Å². The molecule has 0 spiro atoms. The Balaban J connectivity index is 4.83. The van der Waals surface area contributed by atoms with Gasteiger partial charge in [0.25, 0.3) is 0 Å². The highest BCUT2D eigenvalue weighted by molar-refractivity contribution is 5.66. The maximum Gasteiger partial charge on any atom is 0.303 e. The summed E-state index contributed by atoms with van der Waals surface area (Å²) in [7, 11) is 0. The number of aliphatic hydroxyl groups is 1. The summed E-state index contributed by atoms with van der Waals surface area (Å²) in [6.07, 6.45) is 0.770. The van der Waals surface area contributed by atoms with Crippen molar-refractivity contribution >= 4 is 5.97 Å². The van der Waals surface area contributed by atoms with Gasteiger partial charge in [-0.15, -0.1) is 0 Å². The van der Waals surface area contributed by atoms with Crippen molar-refractivity contribution in [3.05, 3.63) is 12.7 Å². The van der Waals surface area contributed by atoms with E-state index in [0.29, 0.717) is 0 Å². The molecular weight excluding hydrogens is 180 g/mol. The lowest BCUT2D eigenvalue weighted by atomic mass is 9.74. The number of carbonyl (C=O) groups excluding carboxylic acids is 1. The van der Waals surface area contributed by atoms with Crippen LogP contribution in [0, 0.1) is 5.41 Å². The van der Waals surface area contributed by atoms with E-state index in [9.17, 15) is 9.90 Å². The van der Waals surface area contributed by atoms with Gasteiger partial charge in [0.2, 0.25) is 0 Å². The van der Waals surface area contributed by atoms with E-state index in [4.69, 9.17) is 4.74 Å². The fraction of sp³-hybridized carbons (Fsp3) is 0.727. The second-order valence-electron chi connectivity index (χ2n) is 4.66. The first kappa shape index (κ1) is 13.2. The molecule has 0 aliphatic heterocycles. The van der Waals surface area contributed by atoms with E-state index >= 15 is 0 Å². The van der Waals surface area contributed by atoms with Crippen molar-refractivity contribution in [2.24, 2.45) is 5.41 Å². The summed E-state index contributed by atoms with van der Waals surface area (Å²) in [5.41, 5.74) is -1.51. The van der Waals surface area contributed by atoms with Crippen molar-refractivity contribution in [2.45, 2.75) is 46.3 Å². The number of ether oxygens (including phenoxy) is 1. The van der Waals surface area contributed by atoms with Crippen LogP contribution >= 0.6 is 0 Å². The Kier molecular flexibility index (Phi) is 3.89. The standard InChI is InChI=1S/C11H20O3/c1-7-9(14-8(2)12)11(6,13)10(3,4)5/h7,9,13H,1H2,2-6H3/t9-,11-/m1/s1. The van der Waals surface area contributed by atoms with E-state index in [2.05, 4.69) is 6.58 Å². The van der Waals surface area contributed by atoms with Gasteiger partial charge < -0.3 is 9.84 Å². The lowest BCUT2D eigenvalue weighted by Crippen LogP contribution is -2.50. The molecule has 0 aliphatic rings. The third kappa shape index (κ3) is 2.84. The molecule has 0 rings (SSSR count). The molecule has 0 bridgehead atoms. The third-order valence-electron chi connectivity index (χ3n) is 2.58. The lowest BCUT2D eigenvalue weighted by Gasteiger charge is -2.41. The maximum atomic E-state index is 10.8. The summed E-state index contributed by atoms with van der Waals surface area (Å²) in [5.74, 6) is -0.417. The smallest absolute Gasteiger partial charge is 0.303 e. The molecule has 1 N–H and O–H groups in total. The molecule has 0 radical (unpaired) electrons. The quantitative estimate of drug-likeness (QED) is 0.559. The summed E-state index contributed by atoms with van der Waals surface area (Å²) in [5, 5.41) is 10.2. The topological polar surface area (TPSA) is 46.5 Å². The fourth-order valence-corrected chi connectivity index (χ4v) is 0.998. The molecule has 3 nitrogen and oxygen atoms in total. The van der Waals surface area contributed by atoms with Crippen LogP contribution in [0.5, 0.6) is 0 Å². The van der Waals surface area contributed by atoms with Gasteiger partial charge in [0.05, 0.1) is 0 Å². The minimum atomic E-state index is -1.12. The Labute approximate surface area is 85.8 Å². The molecule has 0 aliphatic carbocycles. The SMILES string of the molecule is C=C[C@@H](OC(C)=O)[C@@](C)(O)C(C)(C)C. The van der Waals surface area contributed by atoms with Gasteiger partial charge in [-0.1, -0.05) is 27.4 Å². The Hall–Kier alpha value is -0.830. The van der Waals surface area contributed by atoms with Crippen LogP contribution in [-0.2, 0) is 9.53 Å². The van der Waals surface area contributed by atoms with Gasteiger partial charge in [0.15, 0.2) is 0 Å². The van der Waals surface area contributed by atoms with Crippen molar-refractivity contribution in [3.8, 4) is 0 Å². The predicted molar refractivity (Wildman–Crippen MR) is 55.8 cm³/mol.